The number of nitrogens with one attached hydrogen (secondary N) is 1. The lowest BCUT2D eigenvalue weighted by molar-refractivity contribution is 0.102. The van der Waals surface area contributed by atoms with Crippen molar-refractivity contribution < 1.29 is 9.21 Å². The molecule has 4 nitrogen and oxygen atoms in total. The molecule has 0 atom stereocenters. The van der Waals surface area contributed by atoms with Crippen LogP contribution >= 0.6 is 31.9 Å². The molecule has 0 unspecified atom stereocenters. The van der Waals surface area contributed by atoms with E-state index in [1.165, 1.54) is 11.6 Å². The van der Waals surface area contributed by atoms with Crippen molar-refractivity contribution in [1.29, 1.82) is 0 Å². The normalized spacial score (nSPS) is 10.8. The van der Waals surface area contributed by atoms with Crippen LogP contribution in [0.1, 0.15) is 22.8 Å². The van der Waals surface area contributed by atoms with E-state index in [4.69, 9.17) is 4.42 Å². The summed E-state index contributed by atoms with van der Waals surface area (Å²) < 4.78 is 6.75. The Hall–Kier alpha value is -1.92. The van der Waals surface area contributed by atoms with E-state index < -0.39 is 11.5 Å². The molecule has 2 aromatic carbocycles. The summed E-state index contributed by atoms with van der Waals surface area (Å²) in [6.07, 6.45) is 0.923. The number of aryl methyl sites for hydroxylation is 1. The minimum Gasteiger partial charge on any atom is -0.421 e. The van der Waals surface area contributed by atoms with Gasteiger partial charge in [-0.25, -0.2) is 4.79 Å². The third-order valence-corrected chi connectivity index (χ3v) is 4.66. The van der Waals surface area contributed by atoms with Crippen molar-refractivity contribution in [2.45, 2.75) is 13.3 Å². The largest absolute Gasteiger partial charge is 0.421 e. The topological polar surface area (TPSA) is 59.3 Å². The monoisotopic (exact) mass is 449 g/mol. The Morgan fingerprint density at radius 3 is 2.50 bits per heavy atom. The predicted octanol–water partition coefficient (Wildman–Crippen LogP) is 5.13. The van der Waals surface area contributed by atoms with Gasteiger partial charge in [0, 0.05) is 15.5 Å². The van der Waals surface area contributed by atoms with E-state index in [0.29, 0.717) is 21.1 Å². The molecule has 0 fully saturated rings. The Morgan fingerprint density at radius 2 is 1.83 bits per heavy atom. The number of amides is 1. The first-order valence-corrected chi connectivity index (χ1v) is 8.89. The molecule has 1 heterocycles. The summed E-state index contributed by atoms with van der Waals surface area (Å²) in [5.41, 5.74) is 1.51. The molecule has 0 aliphatic rings. The number of benzene rings is 2. The van der Waals surface area contributed by atoms with E-state index >= 15 is 0 Å². The van der Waals surface area contributed by atoms with E-state index in [2.05, 4.69) is 44.1 Å². The number of halogens is 2. The van der Waals surface area contributed by atoms with Crippen LogP contribution in [0.15, 0.2) is 60.6 Å². The number of hydrogen-bond acceptors (Lipinski definition) is 3. The van der Waals surface area contributed by atoms with Gasteiger partial charge in [0.1, 0.15) is 5.56 Å². The highest BCUT2D eigenvalue weighted by Gasteiger charge is 2.15. The summed E-state index contributed by atoms with van der Waals surface area (Å²) in [6, 6.07) is 12.6. The SMILES string of the molecule is CCc1ccc(NC(=O)c2cc3cc(Br)cc(Br)c3oc2=O)cc1. The maximum absolute atomic E-state index is 12.4. The van der Waals surface area contributed by atoms with Crippen LogP contribution in [0.2, 0.25) is 0 Å². The smallest absolute Gasteiger partial charge is 0.349 e. The Bertz CT molecular complexity index is 978. The lowest BCUT2D eigenvalue weighted by Gasteiger charge is -2.07. The zero-order chi connectivity index (χ0) is 17.3. The second-order valence-electron chi connectivity index (χ2n) is 5.26. The van der Waals surface area contributed by atoms with Gasteiger partial charge < -0.3 is 9.73 Å². The fraction of sp³-hybridized carbons (Fsp3) is 0.111. The molecule has 3 rings (SSSR count). The molecule has 6 heteroatoms. The van der Waals surface area contributed by atoms with Crippen LogP contribution in [-0.4, -0.2) is 5.91 Å². The number of hydrogen-bond donors (Lipinski definition) is 1. The molecule has 0 aliphatic carbocycles. The average Bonchev–Trinajstić information content (AvgIpc) is 2.55. The first-order valence-electron chi connectivity index (χ1n) is 7.31. The van der Waals surface area contributed by atoms with Gasteiger partial charge in [-0.3, -0.25) is 4.79 Å². The van der Waals surface area contributed by atoms with E-state index in [0.717, 1.165) is 10.9 Å². The summed E-state index contributed by atoms with van der Waals surface area (Å²) in [5.74, 6) is -0.494. The summed E-state index contributed by atoms with van der Waals surface area (Å²) >= 11 is 6.73. The molecule has 0 aliphatic heterocycles. The quantitative estimate of drug-likeness (QED) is 0.562. The molecular weight excluding hydrogens is 438 g/mol. The number of rotatable bonds is 3. The lowest BCUT2D eigenvalue weighted by atomic mass is 10.1. The maximum atomic E-state index is 12.4. The van der Waals surface area contributed by atoms with Gasteiger partial charge in [0.2, 0.25) is 0 Å². The first kappa shape index (κ1) is 16.9. The molecule has 1 aromatic heterocycles. The van der Waals surface area contributed by atoms with Gasteiger partial charge in [-0.15, -0.1) is 0 Å². The van der Waals surface area contributed by atoms with Crippen LogP contribution < -0.4 is 10.9 Å². The van der Waals surface area contributed by atoms with Crippen molar-refractivity contribution in [1.82, 2.24) is 0 Å². The third kappa shape index (κ3) is 3.44. The third-order valence-electron chi connectivity index (χ3n) is 3.62. The zero-order valence-electron chi connectivity index (χ0n) is 12.7. The average molecular weight is 451 g/mol. The summed E-state index contributed by atoms with van der Waals surface area (Å²) in [7, 11) is 0. The van der Waals surface area contributed by atoms with E-state index in [1.807, 2.05) is 24.3 Å². The molecule has 1 N–H and O–H groups in total. The second kappa shape index (κ2) is 6.91. The fourth-order valence-electron chi connectivity index (χ4n) is 2.34. The maximum Gasteiger partial charge on any atom is 0.349 e. The Labute approximate surface area is 155 Å². The minimum absolute atomic E-state index is 0.0351. The molecule has 0 spiro atoms. The van der Waals surface area contributed by atoms with Crippen LogP contribution in [0.4, 0.5) is 5.69 Å². The first-order chi connectivity index (χ1) is 11.5. The van der Waals surface area contributed by atoms with E-state index in [1.54, 1.807) is 12.1 Å². The zero-order valence-corrected chi connectivity index (χ0v) is 15.9. The number of anilines is 1. The molecule has 3 aromatic rings. The van der Waals surface area contributed by atoms with Crippen molar-refractivity contribution in [2.75, 3.05) is 5.32 Å². The minimum atomic E-state index is -0.673. The van der Waals surface area contributed by atoms with Gasteiger partial charge in [-0.1, -0.05) is 35.0 Å². The molecule has 0 saturated carbocycles. The van der Waals surface area contributed by atoms with Gasteiger partial charge in [-0.2, -0.15) is 0 Å². The van der Waals surface area contributed by atoms with Crippen molar-refractivity contribution in [3.8, 4) is 0 Å². The summed E-state index contributed by atoms with van der Waals surface area (Å²) in [4.78, 5) is 24.6. The van der Waals surface area contributed by atoms with Gasteiger partial charge >= 0.3 is 5.63 Å². The molecule has 122 valence electrons. The van der Waals surface area contributed by atoms with Crippen molar-refractivity contribution in [2.24, 2.45) is 0 Å². The second-order valence-corrected chi connectivity index (χ2v) is 7.03. The highest BCUT2D eigenvalue weighted by atomic mass is 79.9. The lowest BCUT2D eigenvalue weighted by Crippen LogP contribution is -2.20. The Kier molecular flexibility index (Phi) is 4.87. The molecule has 1 amide bonds. The van der Waals surface area contributed by atoms with Crippen LogP contribution in [0.3, 0.4) is 0 Å². The molecule has 0 radical (unpaired) electrons. The standard InChI is InChI=1S/C18H13Br2NO3/c1-2-10-3-5-13(6-4-10)21-17(22)14-8-11-7-12(19)9-15(20)16(11)24-18(14)23/h3-9H,2H2,1H3,(H,21,22). The van der Waals surface area contributed by atoms with Crippen molar-refractivity contribution in [3.05, 3.63) is 73.0 Å². The highest BCUT2D eigenvalue weighted by molar-refractivity contribution is 9.11. The van der Waals surface area contributed by atoms with Crippen LogP contribution in [-0.2, 0) is 6.42 Å². The number of carbonyl (C=O) groups is 1. The van der Waals surface area contributed by atoms with Gasteiger partial charge in [0.25, 0.3) is 5.91 Å². The van der Waals surface area contributed by atoms with Crippen LogP contribution in [0, 0.1) is 0 Å². The Balaban J connectivity index is 1.97. The van der Waals surface area contributed by atoms with Gasteiger partial charge in [-0.05, 0) is 58.2 Å². The van der Waals surface area contributed by atoms with Gasteiger partial charge in [0.05, 0.1) is 4.47 Å². The summed E-state index contributed by atoms with van der Waals surface area (Å²) in [5, 5.41) is 3.38. The van der Waals surface area contributed by atoms with Crippen LogP contribution in [0.25, 0.3) is 11.0 Å². The molecule has 0 saturated heterocycles. The molecule has 24 heavy (non-hydrogen) atoms. The van der Waals surface area contributed by atoms with E-state index in [9.17, 15) is 9.59 Å². The molecular formula is C18H13Br2NO3. The van der Waals surface area contributed by atoms with Crippen molar-refractivity contribution >= 4 is 54.4 Å². The predicted molar refractivity (Wildman–Crippen MR) is 102 cm³/mol. The van der Waals surface area contributed by atoms with Gasteiger partial charge in [0.15, 0.2) is 5.58 Å². The number of carbonyl (C=O) groups excluding carboxylic acids is 1. The fourth-order valence-corrected chi connectivity index (χ4v) is 3.68. The number of fused-ring (bicyclic) bond motifs is 1. The summed E-state index contributed by atoms with van der Waals surface area (Å²) in [6.45, 7) is 2.06. The Morgan fingerprint density at radius 1 is 1.12 bits per heavy atom. The highest BCUT2D eigenvalue weighted by Crippen LogP contribution is 2.28. The van der Waals surface area contributed by atoms with Crippen molar-refractivity contribution in [3.63, 3.8) is 0 Å². The van der Waals surface area contributed by atoms with Crippen LogP contribution in [0.5, 0.6) is 0 Å². The molecule has 0 bridgehead atoms. The van der Waals surface area contributed by atoms with E-state index in [-0.39, 0.29) is 5.56 Å².